The normalized spacial score (nSPS) is 8.93. The third-order valence-corrected chi connectivity index (χ3v) is 1.82. The van der Waals surface area contributed by atoms with Gasteiger partial charge < -0.3 is 4.74 Å². The van der Waals surface area contributed by atoms with E-state index in [-0.39, 0.29) is 0 Å². The Morgan fingerprint density at radius 2 is 2.14 bits per heavy atom. The zero-order valence-corrected chi connectivity index (χ0v) is 8.02. The number of ether oxygens (including phenoxy) is 1. The van der Waals surface area contributed by atoms with E-state index in [0.29, 0.717) is 11.3 Å². The molecule has 0 fully saturated rings. The number of nitriles is 1. The molecule has 0 aliphatic heterocycles. The van der Waals surface area contributed by atoms with Gasteiger partial charge in [-0.3, -0.25) is 4.90 Å². The zero-order chi connectivity index (χ0) is 10.6. The molecular formula is C10H10N2O2. The molecule has 0 saturated heterocycles. The van der Waals surface area contributed by atoms with Crippen LogP contribution in [-0.4, -0.2) is 20.1 Å². The fourth-order valence-electron chi connectivity index (χ4n) is 1.10. The topological polar surface area (TPSA) is 53.3 Å². The smallest absolute Gasteiger partial charge is 0.340 e. The van der Waals surface area contributed by atoms with Crippen LogP contribution in [-0.2, 0) is 4.74 Å². The number of para-hydroxylation sites is 1. The van der Waals surface area contributed by atoms with Crippen molar-refractivity contribution < 1.29 is 9.53 Å². The van der Waals surface area contributed by atoms with Gasteiger partial charge in [-0.15, -0.1) is 0 Å². The Morgan fingerprint density at radius 1 is 1.50 bits per heavy atom. The molecule has 0 atom stereocenters. The zero-order valence-electron chi connectivity index (χ0n) is 8.02. The number of carbonyl (C=O) groups excluding carboxylic acids is 1. The summed E-state index contributed by atoms with van der Waals surface area (Å²) in [5, 5.41) is 8.69. The lowest BCUT2D eigenvalue weighted by Gasteiger charge is -2.12. The maximum absolute atomic E-state index is 11.3. The standard InChI is InChI=1S/C10H10N2O2/c1-12(7-11)9-6-4-3-5-8(9)10(13)14-2/h3-6H,1-2H3. The first-order valence-corrected chi connectivity index (χ1v) is 4.01. The summed E-state index contributed by atoms with van der Waals surface area (Å²) in [5.74, 6) is -0.442. The first-order valence-electron chi connectivity index (χ1n) is 4.01. The van der Waals surface area contributed by atoms with Crippen LogP contribution in [0.15, 0.2) is 24.3 Å². The molecule has 1 aromatic carbocycles. The molecule has 0 amide bonds. The largest absolute Gasteiger partial charge is 0.465 e. The molecule has 0 aliphatic carbocycles. The summed E-state index contributed by atoms with van der Waals surface area (Å²) in [4.78, 5) is 12.6. The van der Waals surface area contributed by atoms with E-state index in [1.807, 2.05) is 6.19 Å². The molecule has 4 heteroatoms. The highest BCUT2D eigenvalue weighted by Crippen LogP contribution is 2.18. The summed E-state index contributed by atoms with van der Waals surface area (Å²) in [6, 6.07) is 6.79. The number of nitrogens with zero attached hydrogens (tertiary/aromatic N) is 2. The Bertz CT molecular complexity index is 382. The van der Waals surface area contributed by atoms with Gasteiger partial charge in [0.25, 0.3) is 0 Å². The summed E-state index contributed by atoms with van der Waals surface area (Å²) in [7, 11) is 2.90. The number of benzene rings is 1. The second-order valence-electron chi connectivity index (χ2n) is 2.67. The van der Waals surface area contributed by atoms with Gasteiger partial charge in [0.1, 0.15) is 0 Å². The maximum Gasteiger partial charge on any atom is 0.340 e. The Hall–Kier alpha value is -2.02. The van der Waals surface area contributed by atoms with Crippen LogP contribution in [0.4, 0.5) is 5.69 Å². The molecule has 0 radical (unpaired) electrons. The van der Waals surface area contributed by atoms with Crippen LogP contribution < -0.4 is 4.90 Å². The summed E-state index contributed by atoms with van der Waals surface area (Å²) in [5.41, 5.74) is 0.931. The number of carbonyl (C=O) groups is 1. The molecule has 1 rings (SSSR count). The molecule has 14 heavy (non-hydrogen) atoms. The van der Waals surface area contributed by atoms with E-state index < -0.39 is 5.97 Å². The van der Waals surface area contributed by atoms with Gasteiger partial charge in [-0.2, -0.15) is 5.26 Å². The molecule has 0 saturated carbocycles. The molecule has 0 spiro atoms. The summed E-state index contributed by atoms with van der Waals surface area (Å²) in [6.45, 7) is 0. The lowest BCUT2D eigenvalue weighted by atomic mass is 10.1. The number of hydrogen-bond acceptors (Lipinski definition) is 4. The minimum absolute atomic E-state index is 0.388. The molecule has 0 aromatic heterocycles. The van der Waals surface area contributed by atoms with Crippen LogP contribution in [0.1, 0.15) is 10.4 Å². The average molecular weight is 190 g/mol. The van der Waals surface area contributed by atoms with Crippen molar-refractivity contribution in [1.82, 2.24) is 0 Å². The van der Waals surface area contributed by atoms with E-state index in [1.54, 1.807) is 31.3 Å². The molecule has 0 aliphatic rings. The molecule has 0 bridgehead atoms. The van der Waals surface area contributed by atoms with Crippen molar-refractivity contribution in [3.63, 3.8) is 0 Å². The Morgan fingerprint density at radius 3 is 2.71 bits per heavy atom. The molecule has 72 valence electrons. The first-order chi connectivity index (χ1) is 6.70. The lowest BCUT2D eigenvalue weighted by molar-refractivity contribution is 0.0601. The Kier molecular flexibility index (Phi) is 3.08. The predicted molar refractivity (Wildman–Crippen MR) is 51.8 cm³/mol. The number of methoxy groups -OCH3 is 1. The van der Waals surface area contributed by atoms with Gasteiger partial charge in [0, 0.05) is 7.05 Å². The monoisotopic (exact) mass is 190 g/mol. The second-order valence-corrected chi connectivity index (χ2v) is 2.67. The third-order valence-electron chi connectivity index (χ3n) is 1.82. The van der Waals surface area contributed by atoms with Gasteiger partial charge in [-0.1, -0.05) is 12.1 Å². The molecule has 1 aromatic rings. The van der Waals surface area contributed by atoms with Crippen LogP contribution in [0.5, 0.6) is 0 Å². The fourth-order valence-corrected chi connectivity index (χ4v) is 1.10. The van der Waals surface area contributed by atoms with Crippen LogP contribution >= 0.6 is 0 Å². The Labute approximate surface area is 82.3 Å². The number of anilines is 1. The summed E-state index contributed by atoms with van der Waals surface area (Å²) in [6.07, 6.45) is 1.93. The molecule has 0 heterocycles. The van der Waals surface area contributed by atoms with Gasteiger partial charge in [-0.25, -0.2) is 4.79 Å². The summed E-state index contributed by atoms with van der Waals surface area (Å²) < 4.78 is 4.60. The second kappa shape index (κ2) is 4.28. The number of rotatable bonds is 2. The number of esters is 1. The van der Waals surface area contributed by atoms with Gasteiger partial charge in [0.05, 0.1) is 18.4 Å². The van der Waals surface area contributed by atoms with Crippen LogP contribution in [0.2, 0.25) is 0 Å². The minimum Gasteiger partial charge on any atom is -0.465 e. The quantitative estimate of drug-likeness (QED) is 0.401. The van der Waals surface area contributed by atoms with E-state index in [9.17, 15) is 4.79 Å². The first kappa shape index (κ1) is 10.1. The minimum atomic E-state index is -0.442. The van der Waals surface area contributed by atoms with Crippen molar-refractivity contribution in [2.24, 2.45) is 0 Å². The Balaban J connectivity index is 3.17. The molecule has 0 N–H and O–H groups in total. The van der Waals surface area contributed by atoms with Crippen molar-refractivity contribution in [2.75, 3.05) is 19.1 Å². The predicted octanol–water partition coefficient (Wildman–Crippen LogP) is 1.39. The van der Waals surface area contributed by atoms with Crippen molar-refractivity contribution in [2.45, 2.75) is 0 Å². The molecule has 0 unspecified atom stereocenters. The maximum atomic E-state index is 11.3. The summed E-state index contributed by atoms with van der Waals surface area (Å²) >= 11 is 0. The van der Waals surface area contributed by atoms with Crippen molar-refractivity contribution in [3.8, 4) is 6.19 Å². The van der Waals surface area contributed by atoms with E-state index >= 15 is 0 Å². The van der Waals surface area contributed by atoms with E-state index in [2.05, 4.69) is 4.74 Å². The van der Waals surface area contributed by atoms with Crippen molar-refractivity contribution in [1.29, 1.82) is 5.26 Å². The molecule has 4 nitrogen and oxygen atoms in total. The molecular weight excluding hydrogens is 180 g/mol. The third kappa shape index (κ3) is 1.83. The van der Waals surface area contributed by atoms with Gasteiger partial charge in [0.15, 0.2) is 6.19 Å². The van der Waals surface area contributed by atoms with E-state index in [4.69, 9.17) is 5.26 Å². The van der Waals surface area contributed by atoms with Gasteiger partial charge >= 0.3 is 5.97 Å². The van der Waals surface area contributed by atoms with Crippen LogP contribution in [0, 0.1) is 11.5 Å². The van der Waals surface area contributed by atoms with E-state index in [1.165, 1.54) is 12.0 Å². The van der Waals surface area contributed by atoms with Crippen LogP contribution in [0.25, 0.3) is 0 Å². The van der Waals surface area contributed by atoms with Gasteiger partial charge in [0.2, 0.25) is 0 Å². The van der Waals surface area contributed by atoms with Gasteiger partial charge in [-0.05, 0) is 12.1 Å². The van der Waals surface area contributed by atoms with Crippen LogP contribution in [0.3, 0.4) is 0 Å². The highest BCUT2D eigenvalue weighted by molar-refractivity contribution is 5.96. The van der Waals surface area contributed by atoms with Crippen molar-refractivity contribution in [3.05, 3.63) is 29.8 Å². The SMILES string of the molecule is COC(=O)c1ccccc1N(C)C#N. The lowest BCUT2D eigenvalue weighted by Crippen LogP contribution is -2.13. The average Bonchev–Trinajstić information content (AvgIpc) is 2.27. The fraction of sp³-hybridized carbons (Fsp3) is 0.200. The van der Waals surface area contributed by atoms with Crippen molar-refractivity contribution >= 4 is 11.7 Å². The highest BCUT2D eigenvalue weighted by atomic mass is 16.5. The highest BCUT2D eigenvalue weighted by Gasteiger charge is 2.13. The number of hydrogen-bond donors (Lipinski definition) is 0. The van der Waals surface area contributed by atoms with E-state index in [0.717, 1.165) is 0 Å².